The maximum Gasteiger partial charge on any atom is -0.000775 e. The molecule has 0 bridgehead atoms. The van der Waals surface area contributed by atoms with Crippen LogP contribution in [-0.4, -0.2) is 26.2 Å². The molecule has 124 valence electrons. The van der Waals surface area contributed by atoms with Gasteiger partial charge in [0, 0.05) is 0 Å². The minimum Gasteiger partial charge on any atom is -0.330 e. The van der Waals surface area contributed by atoms with Crippen molar-refractivity contribution < 1.29 is 0 Å². The zero-order valence-electron chi connectivity index (χ0n) is 14.1. The molecular weight excluding hydrogens is 282 g/mol. The van der Waals surface area contributed by atoms with E-state index in [1.54, 1.807) is 0 Å². The van der Waals surface area contributed by atoms with E-state index < -0.39 is 0 Å². The Balaban J connectivity index is 2.03. The Morgan fingerprint density at radius 1 is 0.957 bits per heavy atom. The number of hydrogen-bond donors (Lipinski definition) is 3. The Kier molecular flexibility index (Phi) is 7.27. The van der Waals surface area contributed by atoms with Gasteiger partial charge >= 0.3 is 0 Å². The summed E-state index contributed by atoms with van der Waals surface area (Å²) in [5.41, 5.74) is 16.6. The van der Waals surface area contributed by atoms with Gasteiger partial charge in [-0.15, -0.1) is 0 Å². The standard InChI is InChI=1S/C20H29N3/c1-16-6-8-17(9-7-16)18-4-2-5-19(14-18)20(15-22)10-13-23-12-3-11-21/h2,4-9,14,20,23H,3,10-13,15,21-22H2,1H3. The van der Waals surface area contributed by atoms with Crippen LogP contribution >= 0.6 is 0 Å². The molecular formula is C20H29N3. The maximum atomic E-state index is 6.01. The van der Waals surface area contributed by atoms with Gasteiger partial charge in [-0.25, -0.2) is 0 Å². The van der Waals surface area contributed by atoms with Crippen LogP contribution in [0.25, 0.3) is 11.1 Å². The Morgan fingerprint density at radius 3 is 2.43 bits per heavy atom. The predicted molar refractivity (Wildman–Crippen MR) is 99.6 cm³/mol. The van der Waals surface area contributed by atoms with E-state index in [1.165, 1.54) is 22.3 Å². The van der Waals surface area contributed by atoms with E-state index in [0.29, 0.717) is 12.5 Å². The molecule has 0 saturated carbocycles. The van der Waals surface area contributed by atoms with Crippen molar-refractivity contribution in [3.8, 4) is 11.1 Å². The summed E-state index contributed by atoms with van der Waals surface area (Å²) in [6.45, 7) is 5.50. The normalized spacial score (nSPS) is 12.3. The van der Waals surface area contributed by atoms with Crippen LogP contribution < -0.4 is 16.8 Å². The molecule has 0 aliphatic heterocycles. The highest BCUT2D eigenvalue weighted by Crippen LogP contribution is 2.25. The van der Waals surface area contributed by atoms with E-state index in [4.69, 9.17) is 11.5 Å². The summed E-state index contributed by atoms with van der Waals surface area (Å²) in [6, 6.07) is 17.4. The first-order valence-corrected chi connectivity index (χ1v) is 8.52. The van der Waals surface area contributed by atoms with Crippen molar-refractivity contribution in [2.45, 2.75) is 25.7 Å². The molecule has 0 spiro atoms. The van der Waals surface area contributed by atoms with E-state index in [1.807, 2.05) is 0 Å². The first-order valence-electron chi connectivity index (χ1n) is 8.52. The lowest BCUT2D eigenvalue weighted by Gasteiger charge is -2.17. The summed E-state index contributed by atoms with van der Waals surface area (Å²) in [6.07, 6.45) is 2.08. The third kappa shape index (κ3) is 5.47. The van der Waals surface area contributed by atoms with Gasteiger partial charge in [-0.05, 0) is 68.6 Å². The fourth-order valence-electron chi connectivity index (χ4n) is 2.77. The molecule has 3 heteroatoms. The monoisotopic (exact) mass is 311 g/mol. The molecule has 2 aromatic rings. The van der Waals surface area contributed by atoms with Gasteiger partial charge in [0.1, 0.15) is 0 Å². The van der Waals surface area contributed by atoms with Crippen molar-refractivity contribution in [2.24, 2.45) is 11.5 Å². The quantitative estimate of drug-likeness (QED) is 0.624. The molecule has 0 aromatic heterocycles. The van der Waals surface area contributed by atoms with Crippen molar-refractivity contribution >= 4 is 0 Å². The number of benzene rings is 2. The summed E-state index contributed by atoms with van der Waals surface area (Å²) in [7, 11) is 0. The summed E-state index contributed by atoms with van der Waals surface area (Å²) >= 11 is 0. The summed E-state index contributed by atoms with van der Waals surface area (Å²) in [4.78, 5) is 0. The molecule has 5 N–H and O–H groups in total. The molecule has 2 aromatic carbocycles. The van der Waals surface area contributed by atoms with Gasteiger partial charge in [-0.3, -0.25) is 0 Å². The van der Waals surface area contributed by atoms with E-state index in [-0.39, 0.29) is 0 Å². The molecule has 0 radical (unpaired) electrons. The fourth-order valence-corrected chi connectivity index (χ4v) is 2.77. The van der Waals surface area contributed by atoms with Gasteiger partial charge in [0.2, 0.25) is 0 Å². The van der Waals surface area contributed by atoms with E-state index in [9.17, 15) is 0 Å². The van der Waals surface area contributed by atoms with Crippen molar-refractivity contribution in [1.29, 1.82) is 0 Å². The lowest BCUT2D eigenvalue weighted by Crippen LogP contribution is -2.23. The van der Waals surface area contributed by atoms with Crippen LogP contribution in [0.1, 0.15) is 29.9 Å². The molecule has 0 heterocycles. The summed E-state index contributed by atoms with van der Waals surface area (Å²) < 4.78 is 0. The largest absolute Gasteiger partial charge is 0.330 e. The molecule has 0 aliphatic carbocycles. The predicted octanol–water partition coefficient (Wildman–Crippen LogP) is 3.03. The van der Waals surface area contributed by atoms with Gasteiger partial charge in [-0.1, -0.05) is 54.1 Å². The second-order valence-electron chi connectivity index (χ2n) is 6.11. The first kappa shape index (κ1) is 17.7. The van der Waals surface area contributed by atoms with Crippen LogP contribution in [0.3, 0.4) is 0 Å². The van der Waals surface area contributed by atoms with E-state index in [0.717, 1.165) is 32.5 Å². The first-order chi connectivity index (χ1) is 11.2. The SMILES string of the molecule is Cc1ccc(-c2cccc(C(CN)CCNCCCN)c2)cc1. The molecule has 2 rings (SSSR count). The highest BCUT2D eigenvalue weighted by Gasteiger charge is 2.10. The summed E-state index contributed by atoms with van der Waals surface area (Å²) in [5, 5.41) is 3.44. The average Bonchev–Trinajstić information content (AvgIpc) is 2.59. The molecule has 0 amide bonds. The van der Waals surface area contributed by atoms with Gasteiger partial charge < -0.3 is 16.8 Å². The molecule has 1 atom stereocenters. The topological polar surface area (TPSA) is 64.1 Å². The summed E-state index contributed by atoms with van der Waals surface area (Å²) in [5.74, 6) is 0.394. The van der Waals surface area contributed by atoms with Gasteiger partial charge in [0.15, 0.2) is 0 Å². The smallest absolute Gasteiger partial charge is 0.000775 e. The number of nitrogens with one attached hydrogen (secondary N) is 1. The molecule has 3 nitrogen and oxygen atoms in total. The lowest BCUT2D eigenvalue weighted by molar-refractivity contribution is 0.565. The highest BCUT2D eigenvalue weighted by atomic mass is 14.8. The third-order valence-corrected chi connectivity index (χ3v) is 4.25. The highest BCUT2D eigenvalue weighted by molar-refractivity contribution is 5.64. The third-order valence-electron chi connectivity index (χ3n) is 4.25. The average molecular weight is 311 g/mol. The number of hydrogen-bond acceptors (Lipinski definition) is 3. The molecule has 0 saturated heterocycles. The Hall–Kier alpha value is -1.68. The van der Waals surface area contributed by atoms with Gasteiger partial charge in [-0.2, -0.15) is 0 Å². The second kappa shape index (κ2) is 9.46. The van der Waals surface area contributed by atoms with Crippen LogP contribution in [-0.2, 0) is 0 Å². The zero-order chi connectivity index (χ0) is 16.5. The maximum absolute atomic E-state index is 6.01. The van der Waals surface area contributed by atoms with E-state index >= 15 is 0 Å². The van der Waals surface area contributed by atoms with Gasteiger partial charge in [0.25, 0.3) is 0 Å². The van der Waals surface area contributed by atoms with Crippen LogP contribution in [0, 0.1) is 6.92 Å². The van der Waals surface area contributed by atoms with Crippen molar-refractivity contribution in [1.82, 2.24) is 5.32 Å². The minimum atomic E-state index is 0.394. The van der Waals surface area contributed by atoms with Crippen molar-refractivity contribution in [3.63, 3.8) is 0 Å². The van der Waals surface area contributed by atoms with Crippen LogP contribution in [0.5, 0.6) is 0 Å². The van der Waals surface area contributed by atoms with Crippen molar-refractivity contribution in [2.75, 3.05) is 26.2 Å². The number of aryl methyl sites for hydroxylation is 1. The Bertz CT molecular complexity index is 578. The number of rotatable bonds is 9. The molecule has 23 heavy (non-hydrogen) atoms. The molecule has 1 unspecified atom stereocenters. The minimum absolute atomic E-state index is 0.394. The lowest BCUT2D eigenvalue weighted by atomic mass is 9.92. The van der Waals surface area contributed by atoms with Gasteiger partial charge in [0.05, 0.1) is 0 Å². The second-order valence-corrected chi connectivity index (χ2v) is 6.11. The zero-order valence-corrected chi connectivity index (χ0v) is 14.1. The number of nitrogens with two attached hydrogens (primary N) is 2. The molecule has 0 fully saturated rings. The van der Waals surface area contributed by atoms with Crippen LogP contribution in [0.2, 0.25) is 0 Å². The van der Waals surface area contributed by atoms with Crippen LogP contribution in [0.15, 0.2) is 48.5 Å². The van der Waals surface area contributed by atoms with Crippen molar-refractivity contribution in [3.05, 3.63) is 59.7 Å². The van der Waals surface area contributed by atoms with E-state index in [2.05, 4.69) is 60.8 Å². The Morgan fingerprint density at radius 2 is 1.74 bits per heavy atom. The fraction of sp³-hybridized carbons (Fsp3) is 0.400. The molecule has 0 aliphatic rings. The van der Waals surface area contributed by atoms with Crippen LogP contribution in [0.4, 0.5) is 0 Å². The Labute approximate surface area is 140 Å².